The molecule has 7 nitrogen and oxygen atoms in total. The largest absolute Gasteiger partial charge is 0.394 e. The van der Waals surface area contributed by atoms with Crippen molar-refractivity contribution in [3.8, 4) is 0 Å². The van der Waals surface area contributed by atoms with E-state index in [4.69, 9.17) is 0 Å². The summed E-state index contributed by atoms with van der Waals surface area (Å²) in [5, 5.41) is 12.9. The van der Waals surface area contributed by atoms with Crippen LogP contribution in [0, 0.1) is 0 Å². The van der Waals surface area contributed by atoms with Gasteiger partial charge in [-0.3, -0.25) is 4.79 Å². The highest BCUT2D eigenvalue weighted by Crippen LogP contribution is 2.25. The van der Waals surface area contributed by atoms with Crippen LogP contribution in [0.4, 0.5) is 17.3 Å². The summed E-state index contributed by atoms with van der Waals surface area (Å²) in [4.78, 5) is 24.6. The van der Waals surface area contributed by atoms with Gasteiger partial charge in [0.25, 0.3) is 0 Å². The molecule has 0 spiro atoms. The monoisotopic (exact) mass is 367 g/mol. The molecule has 0 radical (unpaired) electrons. The van der Waals surface area contributed by atoms with Crippen molar-refractivity contribution in [3.05, 3.63) is 42.2 Å². The van der Waals surface area contributed by atoms with E-state index in [1.54, 1.807) is 6.33 Å². The molecule has 0 saturated carbocycles. The van der Waals surface area contributed by atoms with E-state index in [0.717, 1.165) is 55.2 Å². The summed E-state index contributed by atoms with van der Waals surface area (Å²) in [5.41, 5.74) is 2.06. The SMILES string of the molecule is O=C1CCCN1c1cccc(CNc2cc(N3CCCC3CO)ncn2)c1. The van der Waals surface area contributed by atoms with Crippen LogP contribution in [0.15, 0.2) is 36.7 Å². The van der Waals surface area contributed by atoms with Crippen LogP contribution in [0.25, 0.3) is 0 Å². The molecule has 4 rings (SSSR count). The number of aliphatic hydroxyl groups excluding tert-OH is 1. The highest BCUT2D eigenvalue weighted by atomic mass is 16.3. The first kappa shape index (κ1) is 17.7. The van der Waals surface area contributed by atoms with Crippen molar-refractivity contribution >= 4 is 23.2 Å². The minimum absolute atomic E-state index is 0.141. The van der Waals surface area contributed by atoms with E-state index in [2.05, 4.69) is 26.3 Å². The zero-order chi connectivity index (χ0) is 18.6. The minimum atomic E-state index is 0.141. The second-order valence-electron chi connectivity index (χ2n) is 7.11. The first-order valence-corrected chi connectivity index (χ1v) is 9.57. The number of benzene rings is 1. The summed E-state index contributed by atoms with van der Waals surface area (Å²) >= 11 is 0. The van der Waals surface area contributed by atoms with Crippen molar-refractivity contribution in [2.24, 2.45) is 0 Å². The number of nitrogens with zero attached hydrogens (tertiary/aromatic N) is 4. The van der Waals surface area contributed by atoms with Gasteiger partial charge in [-0.25, -0.2) is 9.97 Å². The fraction of sp³-hybridized carbons (Fsp3) is 0.450. The van der Waals surface area contributed by atoms with Gasteiger partial charge in [0.15, 0.2) is 0 Å². The van der Waals surface area contributed by atoms with Gasteiger partial charge < -0.3 is 20.2 Å². The Morgan fingerprint density at radius 1 is 1.19 bits per heavy atom. The van der Waals surface area contributed by atoms with Crippen LogP contribution in [0.5, 0.6) is 0 Å². The third kappa shape index (κ3) is 3.88. The molecule has 2 saturated heterocycles. The van der Waals surface area contributed by atoms with Crippen LogP contribution in [0.1, 0.15) is 31.2 Å². The number of aliphatic hydroxyl groups is 1. The van der Waals surface area contributed by atoms with Gasteiger partial charge in [0.05, 0.1) is 12.6 Å². The lowest BCUT2D eigenvalue weighted by molar-refractivity contribution is -0.117. The maximum absolute atomic E-state index is 12.0. The van der Waals surface area contributed by atoms with E-state index in [0.29, 0.717) is 13.0 Å². The molecule has 2 N–H and O–H groups in total. The Morgan fingerprint density at radius 2 is 2.11 bits per heavy atom. The van der Waals surface area contributed by atoms with Gasteiger partial charge in [0, 0.05) is 37.8 Å². The molecule has 1 atom stereocenters. The van der Waals surface area contributed by atoms with E-state index >= 15 is 0 Å². The van der Waals surface area contributed by atoms with Crippen molar-refractivity contribution in [2.75, 3.05) is 34.8 Å². The van der Waals surface area contributed by atoms with Gasteiger partial charge >= 0.3 is 0 Å². The molecular weight excluding hydrogens is 342 g/mol. The average molecular weight is 367 g/mol. The van der Waals surface area contributed by atoms with Crippen molar-refractivity contribution in [2.45, 2.75) is 38.3 Å². The van der Waals surface area contributed by atoms with Crippen LogP contribution < -0.4 is 15.1 Å². The number of rotatable bonds is 6. The number of hydrogen-bond donors (Lipinski definition) is 2. The highest BCUT2D eigenvalue weighted by molar-refractivity contribution is 5.95. The molecule has 0 bridgehead atoms. The van der Waals surface area contributed by atoms with Gasteiger partial charge in [-0.05, 0) is 37.0 Å². The molecule has 3 heterocycles. The maximum Gasteiger partial charge on any atom is 0.227 e. The Labute approximate surface area is 159 Å². The lowest BCUT2D eigenvalue weighted by Crippen LogP contribution is -2.32. The average Bonchev–Trinajstić information content (AvgIpc) is 3.35. The number of aromatic nitrogens is 2. The molecule has 142 valence electrons. The smallest absolute Gasteiger partial charge is 0.227 e. The summed E-state index contributed by atoms with van der Waals surface area (Å²) < 4.78 is 0. The second kappa shape index (κ2) is 7.92. The standard InChI is InChI=1S/C20H25N5O2/c26-13-17-6-2-8-24(17)19-11-18(22-14-23-19)21-12-15-4-1-5-16(10-15)25-9-3-7-20(25)27/h1,4-5,10-11,14,17,26H,2-3,6-9,12-13H2,(H,21,22,23). The van der Waals surface area contributed by atoms with Crippen LogP contribution >= 0.6 is 0 Å². The lowest BCUT2D eigenvalue weighted by atomic mass is 10.2. The first-order valence-electron chi connectivity index (χ1n) is 9.57. The molecule has 1 amide bonds. The first-order chi connectivity index (χ1) is 13.2. The summed E-state index contributed by atoms with van der Waals surface area (Å²) in [6.07, 6.45) is 5.18. The van der Waals surface area contributed by atoms with E-state index in [1.807, 2.05) is 29.2 Å². The quantitative estimate of drug-likeness (QED) is 0.814. The second-order valence-corrected chi connectivity index (χ2v) is 7.11. The number of amides is 1. The number of hydrogen-bond acceptors (Lipinski definition) is 6. The van der Waals surface area contributed by atoms with Gasteiger partial charge in [-0.1, -0.05) is 12.1 Å². The summed E-state index contributed by atoms with van der Waals surface area (Å²) in [6, 6.07) is 10.1. The Kier molecular flexibility index (Phi) is 5.20. The van der Waals surface area contributed by atoms with E-state index in [1.165, 1.54) is 0 Å². The third-order valence-electron chi connectivity index (χ3n) is 5.30. The fourth-order valence-corrected chi connectivity index (χ4v) is 3.88. The van der Waals surface area contributed by atoms with Gasteiger partial charge in [0.2, 0.25) is 5.91 Å². The van der Waals surface area contributed by atoms with Crippen LogP contribution in [-0.4, -0.2) is 46.7 Å². The minimum Gasteiger partial charge on any atom is -0.394 e. The lowest BCUT2D eigenvalue weighted by Gasteiger charge is -2.24. The Hall–Kier alpha value is -2.67. The molecule has 1 aromatic heterocycles. The molecule has 1 aromatic carbocycles. The molecule has 27 heavy (non-hydrogen) atoms. The van der Waals surface area contributed by atoms with Gasteiger partial charge in [-0.2, -0.15) is 0 Å². The summed E-state index contributed by atoms with van der Waals surface area (Å²) in [5.74, 6) is 1.80. The van der Waals surface area contributed by atoms with Gasteiger partial charge in [-0.15, -0.1) is 0 Å². The van der Waals surface area contributed by atoms with E-state index in [9.17, 15) is 9.90 Å². The maximum atomic E-state index is 12.0. The molecule has 7 heteroatoms. The predicted octanol–water partition coefficient (Wildman–Crippen LogP) is 2.18. The van der Waals surface area contributed by atoms with Crippen molar-refractivity contribution in [3.63, 3.8) is 0 Å². The highest BCUT2D eigenvalue weighted by Gasteiger charge is 2.25. The van der Waals surface area contributed by atoms with Crippen LogP contribution in [-0.2, 0) is 11.3 Å². The Bertz CT molecular complexity index is 812. The molecule has 2 aliphatic rings. The number of anilines is 3. The summed E-state index contributed by atoms with van der Waals surface area (Å²) in [6.45, 7) is 2.48. The zero-order valence-corrected chi connectivity index (χ0v) is 15.3. The van der Waals surface area contributed by atoms with Crippen LogP contribution in [0.3, 0.4) is 0 Å². The topological polar surface area (TPSA) is 81.6 Å². The number of nitrogens with one attached hydrogen (secondary N) is 1. The fourth-order valence-electron chi connectivity index (χ4n) is 3.88. The zero-order valence-electron chi connectivity index (χ0n) is 15.3. The van der Waals surface area contributed by atoms with Crippen molar-refractivity contribution < 1.29 is 9.90 Å². The van der Waals surface area contributed by atoms with Crippen molar-refractivity contribution in [1.29, 1.82) is 0 Å². The van der Waals surface area contributed by atoms with Crippen LogP contribution in [0.2, 0.25) is 0 Å². The van der Waals surface area contributed by atoms with E-state index in [-0.39, 0.29) is 18.6 Å². The predicted molar refractivity (Wildman–Crippen MR) is 105 cm³/mol. The Morgan fingerprint density at radius 3 is 2.93 bits per heavy atom. The van der Waals surface area contributed by atoms with Crippen molar-refractivity contribution in [1.82, 2.24) is 9.97 Å². The summed E-state index contributed by atoms with van der Waals surface area (Å²) in [7, 11) is 0. The number of carbonyl (C=O) groups excluding carboxylic acids is 1. The van der Waals surface area contributed by atoms with Gasteiger partial charge in [0.1, 0.15) is 18.0 Å². The normalized spacial score (nSPS) is 19.7. The molecule has 2 aromatic rings. The van der Waals surface area contributed by atoms with E-state index < -0.39 is 0 Å². The molecular formula is C20H25N5O2. The molecule has 2 aliphatic heterocycles. The third-order valence-corrected chi connectivity index (χ3v) is 5.30. The molecule has 0 aliphatic carbocycles. The number of carbonyl (C=O) groups is 1. The molecule has 2 fully saturated rings. The molecule has 1 unspecified atom stereocenters. The Balaban J connectivity index is 1.43.